The third-order valence-electron chi connectivity index (χ3n) is 3.74. The summed E-state index contributed by atoms with van der Waals surface area (Å²) in [6, 6.07) is 0.782. The van der Waals surface area contributed by atoms with Gasteiger partial charge in [0.25, 0.3) is 0 Å². The van der Waals surface area contributed by atoms with E-state index < -0.39 is 0 Å². The van der Waals surface area contributed by atoms with Crippen LogP contribution >= 0.6 is 11.8 Å². The molecule has 0 aromatic rings. The van der Waals surface area contributed by atoms with Gasteiger partial charge in [0.1, 0.15) is 0 Å². The fourth-order valence-electron chi connectivity index (χ4n) is 2.68. The Morgan fingerprint density at radius 2 is 1.81 bits per heavy atom. The van der Waals surface area contributed by atoms with Gasteiger partial charge in [0.15, 0.2) is 0 Å². The van der Waals surface area contributed by atoms with E-state index in [4.69, 9.17) is 0 Å². The molecule has 0 aromatic carbocycles. The van der Waals surface area contributed by atoms with Crippen molar-refractivity contribution in [2.45, 2.75) is 44.6 Å². The fourth-order valence-corrected chi connectivity index (χ4v) is 3.68. The van der Waals surface area contributed by atoms with Crippen molar-refractivity contribution in [1.29, 1.82) is 0 Å². The van der Waals surface area contributed by atoms with Crippen LogP contribution in [0.25, 0.3) is 0 Å². The van der Waals surface area contributed by atoms with E-state index in [1.165, 1.54) is 76.2 Å². The van der Waals surface area contributed by atoms with Gasteiger partial charge < -0.3 is 10.2 Å². The molecular weight excluding hydrogens is 216 g/mol. The maximum atomic E-state index is 3.64. The molecule has 2 fully saturated rings. The second kappa shape index (κ2) is 7.57. The molecule has 0 aromatic heterocycles. The van der Waals surface area contributed by atoms with E-state index in [1.54, 1.807) is 0 Å². The molecule has 2 rings (SSSR count). The second-order valence-electron chi connectivity index (χ2n) is 5.12. The molecule has 94 valence electrons. The van der Waals surface area contributed by atoms with Crippen molar-refractivity contribution in [1.82, 2.24) is 10.2 Å². The Bertz CT molecular complexity index is 173. The lowest BCUT2D eigenvalue weighted by Crippen LogP contribution is -2.40. The Morgan fingerprint density at radius 1 is 1.06 bits per heavy atom. The molecular formula is C13H26N2S. The van der Waals surface area contributed by atoms with Gasteiger partial charge in [-0.15, -0.1) is 0 Å². The first-order chi connectivity index (χ1) is 7.95. The molecule has 1 N–H and O–H groups in total. The van der Waals surface area contributed by atoms with Gasteiger partial charge in [-0.1, -0.05) is 19.3 Å². The molecule has 0 saturated carbocycles. The summed E-state index contributed by atoms with van der Waals surface area (Å²) in [4.78, 5) is 2.69. The van der Waals surface area contributed by atoms with Crippen molar-refractivity contribution in [3.63, 3.8) is 0 Å². The molecule has 0 amide bonds. The third kappa shape index (κ3) is 4.64. The number of rotatable bonds is 3. The summed E-state index contributed by atoms with van der Waals surface area (Å²) in [5.41, 5.74) is 0. The Labute approximate surface area is 105 Å². The van der Waals surface area contributed by atoms with E-state index in [1.807, 2.05) is 0 Å². The van der Waals surface area contributed by atoms with E-state index >= 15 is 0 Å². The standard InChI is InChI=1S/C13H26N2S/c1-2-4-8-15(9-5-3-1)10-6-13-12-16-11-7-14-13/h13-14H,1-12H2. The number of likely N-dealkylation sites (tertiary alicyclic amines) is 1. The van der Waals surface area contributed by atoms with E-state index in [-0.39, 0.29) is 0 Å². The summed E-state index contributed by atoms with van der Waals surface area (Å²) in [6.45, 7) is 5.23. The normalized spacial score (nSPS) is 29.6. The van der Waals surface area contributed by atoms with E-state index in [2.05, 4.69) is 22.0 Å². The number of nitrogens with zero attached hydrogens (tertiary/aromatic N) is 1. The van der Waals surface area contributed by atoms with Crippen LogP contribution in [-0.2, 0) is 0 Å². The molecule has 3 heteroatoms. The minimum atomic E-state index is 0.782. The number of hydrogen-bond donors (Lipinski definition) is 1. The van der Waals surface area contributed by atoms with Crippen LogP contribution in [-0.4, -0.2) is 48.6 Å². The summed E-state index contributed by atoms with van der Waals surface area (Å²) in [7, 11) is 0. The average Bonchev–Trinajstić information content (AvgIpc) is 2.29. The zero-order valence-corrected chi connectivity index (χ0v) is 11.2. The van der Waals surface area contributed by atoms with Crippen molar-refractivity contribution < 1.29 is 0 Å². The summed E-state index contributed by atoms with van der Waals surface area (Å²) in [5, 5.41) is 3.64. The average molecular weight is 242 g/mol. The molecule has 0 spiro atoms. The van der Waals surface area contributed by atoms with Crippen molar-refractivity contribution >= 4 is 11.8 Å². The van der Waals surface area contributed by atoms with Gasteiger partial charge in [0.05, 0.1) is 0 Å². The SMILES string of the molecule is C1CCCN(CCC2CSCCN2)CCC1. The summed E-state index contributed by atoms with van der Waals surface area (Å²) >= 11 is 2.12. The largest absolute Gasteiger partial charge is 0.312 e. The highest BCUT2D eigenvalue weighted by atomic mass is 32.2. The van der Waals surface area contributed by atoms with Gasteiger partial charge in [0.2, 0.25) is 0 Å². The molecule has 0 aliphatic carbocycles. The molecule has 0 bridgehead atoms. The van der Waals surface area contributed by atoms with Crippen molar-refractivity contribution in [2.24, 2.45) is 0 Å². The quantitative estimate of drug-likeness (QED) is 0.818. The molecule has 1 unspecified atom stereocenters. The van der Waals surface area contributed by atoms with E-state index in [0.717, 1.165) is 6.04 Å². The lowest BCUT2D eigenvalue weighted by atomic mass is 10.1. The Balaban J connectivity index is 1.62. The first-order valence-corrected chi connectivity index (χ1v) is 8.14. The Morgan fingerprint density at radius 3 is 2.50 bits per heavy atom. The molecule has 16 heavy (non-hydrogen) atoms. The van der Waals surface area contributed by atoms with Gasteiger partial charge in [-0.3, -0.25) is 0 Å². The maximum Gasteiger partial charge on any atom is 0.0170 e. The molecule has 2 aliphatic rings. The lowest BCUT2D eigenvalue weighted by Gasteiger charge is -2.28. The van der Waals surface area contributed by atoms with Crippen LogP contribution < -0.4 is 5.32 Å². The highest BCUT2D eigenvalue weighted by molar-refractivity contribution is 7.99. The molecule has 1 atom stereocenters. The van der Waals surface area contributed by atoms with E-state index in [0.29, 0.717) is 0 Å². The van der Waals surface area contributed by atoms with Gasteiger partial charge in [-0.2, -0.15) is 11.8 Å². The van der Waals surface area contributed by atoms with Crippen molar-refractivity contribution in [3.8, 4) is 0 Å². The molecule has 0 radical (unpaired) electrons. The smallest absolute Gasteiger partial charge is 0.0170 e. The third-order valence-corrected chi connectivity index (χ3v) is 4.87. The first-order valence-electron chi connectivity index (χ1n) is 6.98. The van der Waals surface area contributed by atoms with Crippen LogP contribution in [0.2, 0.25) is 0 Å². The van der Waals surface area contributed by atoms with Gasteiger partial charge >= 0.3 is 0 Å². The number of hydrogen-bond acceptors (Lipinski definition) is 3. The zero-order chi connectivity index (χ0) is 11.1. The number of nitrogens with one attached hydrogen (secondary N) is 1. The highest BCUT2D eigenvalue weighted by Gasteiger charge is 2.14. The van der Waals surface area contributed by atoms with Crippen LogP contribution in [0.15, 0.2) is 0 Å². The predicted molar refractivity (Wildman–Crippen MR) is 73.3 cm³/mol. The summed E-state index contributed by atoms with van der Waals surface area (Å²) < 4.78 is 0. The second-order valence-corrected chi connectivity index (χ2v) is 6.27. The van der Waals surface area contributed by atoms with Crippen LogP contribution in [0.3, 0.4) is 0 Å². The topological polar surface area (TPSA) is 15.3 Å². The van der Waals surface area contributed by atoms with Gasteiger partial charge in [0, 0.05) is 24.1 Å². The minimum absolute atomic E-state index is 0.782. The molecule has 2 heterocycles. The molecule has 2 nitrogen and oxygen atoms in total. The van der Waals surface area contributed by atoms with Crippen molar-refractivity contribution in [3.05, 3.63) is 0 Å². The Kier molecular flexibility index (Phi) is 6.02. The lowest BCUT2D eigenvalue weighted by molar-refractivity contribution is 0.236. The minimum Gasteiger partial charge on any atom is -0.312 e. The fraction of sp³-hybridized carbons (Fsp3) is 1.00. The summed E-state index contributed by atoms with van der Waals surface area (Å²) in [5.74, 6) is 2.63. The van der Waals surface area contributed by atoms with Crippen LogP contribution in [0.1, 0.15) is 38.5 Å². The van der Waals surface area contributed by atoms with Crippen molar-refractivity contribution in [2.75, 3.05) is 37.7 Å². The molecule has 2 aliphatic heterocycles. The van der Waals surface area contributed by atoms with Crippen LogP contribution in [0, 0.1) is 0 Å². The first kappa shape index (κ1) is 12.7. The maximum absolute atomic E-state index is 3.64. The van der Waals surface area contributed by atoms with E-state index in [9.17, 15) is 0 Å². The monoisotopic (exact) mass is 242 g/mol. The van der Waals surface area contributed by atoms with Gasteiger partial charge in [-0.05, 0) is 38.9 Å². The molecule has 2 saturated heterocycles. The Hall–Kier alpha value is 0.270. The summed E-state index contributed by atoms with van der Waals surface area (Å²) in [6.07, 6.45) is 8.57. The predicted octanol–water partition coefficient (Wildman–Crippen LogP) is 2.35. The van der Waals surface area contributed by atoms with Crippen LogP contribution in [0.5, 0.6) is 0 Å². The zero-order valence-electron chi connectivity index (χ0n) is 10.4. The number of thioether (sulfide) groups is 1. The highest BCUT2D eigenvalue weighted by Crippen LogP contribution is 2.13. The van der Waals surface area contributed by atoms with Gasteiger partial charge in [-0.25, -0.2) is 0 Å². The van der Waals surface area contributed by atoms with Crippen LogP contribution in [0.4, 0.5) is 0 Å².